The normalized spacial score (nSPS) is 11.6. The van der Waals surface area contributed by atoms with Gasteiger partial charge in [-0.05, 0) is 19.1 Å². The lowest BCUT2D eigenvalue weighted by Crippen LogP contribution is -2.24. The number of hydrogen-bond donors (Lipinski definition) is 2. The summed E-state index contributed by atoms with van der Waals surface area (Å²) >= 11 is 1.47. The Kier molecular flexibility index (Phi) is 3.60. The zero-order valence-electron chi connectivity index (χ0n) is 9.62. The number of aromatic nitrogens is 2. The zero-order valence-corrected chi connectivity index (χ0v) is 11.3. The number of thiazole rings is 1. The fourth-order valence-corrected chi connectivity index (χ4v) is 3.06. The summed E-state index contributed by atoms with van der Waals surface area (Å²) in [5.41, 5.74) is 6.22. The fourth-order valence-electron chi connectivity index (χ4n) is 1.37. The number of pyridine rings is 1. The number of hydrogen-bond acceptors (Lipinski definition) is 6. The lowest BCUT2D eigenvalue weighted by molar-refractivity contribution is 0.580. The van der Waals surface area contributed by atoms with Gasteiger partial charge in [0.05, 0.1) is 17.2 Å². The number of nitrogen functional groups attached to an aromatic ring is 1. The second-order valence-electron chi connectivity index (χ2n) is 3.57. The molecular weight excluding hydrogens is 272 g/mol. The van der Waals surface area contributed by atoms with Gasteiger partial charge in [0.25, 0.3) is 0 Å². The van der Waals surface area contributed by atoms with E-state index in [-0.39, 0.29) is 17.3 Å². The van der Waals surface area contributed by atoms with Gasteiger partial charge in [-0.25, -0.2) is 23.1 Å². The fraction of sp³-hybridized carbons (Fsp3) is 0.200. The number of sulfonamides is 1. The zero-order chi connectivity index (χ0) is 13.2. The van der Waals surface area contributed by atoms with Gasteiger partial charge in [0.1, 0.15) is 10.7 Å². The maximum Gasteiger partial charge on any atom is 0.244 e. The van der Waals surface area contributed by atoms with E-state index in [1.807, 2.05) is 12.3 Å². The molecule has 8 heteroatoms. The van der Waals surface area contributed by atoms with Crippen molar-refractivity contribution in [1.29, 1.82) is 0 Å². The van der Waals surface area contributed by atoms with Gasteiger partial charge in [0, 0.05) is 11.6 Å². The first-order valence-corrected chi connectivity index (χ1v) is 7.46. The van der Waals surface area contributed by atoms with Crippen LogP contribution < -0.4 is 10.5 Å². The summed E-state index contributed by atoms with van der Waals surface area (Å²) in [4.78, 5) is 7.91. The Hall–Kier alpha value is -1.51. The summed E-state index contributed by atoms with van der Waals surface area (Å²) in [5, 5.41) is 2.70. The third-order valence-corrected chi connectivity index (χ3v) is 4.47. The average Bonchev–Trinajstić information content (AvgIpc) is 2.73. The first-order valence-electron chi connectivity index (χ1n) is 5.10. The Morgan fingerprint density at radius 1 is 1.50 bits per heavy atom. The molecule has 6 nitrogen and oxygen atoms in total. The third-order valence-electron chi connectivity index (χ3n) is 2.20. The molecule has 96 valence electrons. The molecule has 0 aliphatic carbocycles. The predicted molar refractivity (Wildman–Crippen MR) is 69.5 cm³/mol. The van der Waals surface area contributed by atoms with Gasteiger partial charge < -0.3 is 5.73 Å². The minimum absolute atomic E-state index is 0.0144. The number of nitrogens with two attached hydrogens (primary N) is 1. The minimum atomic E-state index is -3.65. The van der Waals surface area contributed by atoms with Crippen molar-refractivity contribution in [2.75, 3.05) is 5.73 Å². The van der Waals surface area contributed by atoms with E-state index in [4.69, 9.17) is 5.73 Å². The van der Waals surface area contributed by atoms with Crippen molar-refractivity contribution in [3.05, 3.63) is 34.4 Å². The Balaban J connectivity index is 2.16. The molecule has 2 rings (SSSR count). The van der Waals surface area contributed by atoms with Crippen molar-refractivity contribution in [2.45, 2.75) is 18.4 Å². The van der Waals surface area contributed by atoms with Crippen LogP contribution in [0, 0.1) is 6.92 Å². The van der Waals surface area contributed by atoms with Gasteiger partial charge in [0.15, 0.2) is 0 Å². The predicted octanol–water partition coefficient (Wildman–Crippen LogP) is 0.907. The highest BCUT2D eigenvalue weighted by Crippen LogP contribution is 2.15. The van der Waals surface area contributed by atoms with Crippen molar-refractivity contribution in [2.24, 2.45) is 0 Å². The van der Waals surface area contributed by atoms with Crippen molar-refractivity contribution in [3.63, 3.8) is 0 Å². The van der Waals surface area contributed by atoms with E-state index in [2.05, 4.69) is 14.7 Å². The molecule has 2 aromatic heterocycles. The largest absolute Gasteiger partial charge is 0.383 e. The van der Waals surface area contributed by atoms with Gasteiger partial charge >= 0.3 is 0 Å². The van der Waals surface area contributed by atoms with E-state index in [0.717, 1.165) is 5.01 Å². The number of rotatable bonds is 4. The lowest BCUT2D eigenvalue weighted by atomic mass is 10.5. The summed E-state index contributed by atoms with van der Waals surface area (Å²) in [6.45, 7) is 2.00. The topological polar surface area (TPSA) is 98.0 Å². The summed E-state index contributed by atoms with van der Waals surface area (Å²) in [5.74, 6) is -0.0144. The second kappa shape index (κ2) is 5.01. The second-order valence-corrected chi connectivity index (χ2v) is 6.37. The maximum atomic E-state index is 12.0. The summed E-state index contributed by atoms with van der Waals surface area (Å²) in [6, 6.07) is 2.94. The van der Waals surface area contributed by atoms with Crippen LogP contribution in [0.3, 0.4) is 0 Å². The number of aryl methyl sites for hydroxylation is 1. The van der Waals surface area contributed by atoms with Crippen LogP contribution in [0.2, 0.25) is 0 Å². The molecule has 0 unspecified atom stereocenters. The molecular formula is C10H12N4O2S2. The van der Waals surface area contributed by atoms with Crippen LogP contribution in [0.25, 0.3) is 0 Å². The van der Waals surface area contributed by atoms with E-state index in [1.54, 1.807) is 0 Å². The molecule has 2 aromatic rings. The number of nitrogens with zero attached hydrogens (tertiary/aromatic N) is 2. The molecule has 2 heterocycles. The van der Waals surface area contributed by atoms with E-state index in [0.29, 0.717) is 5.69 Å². The van der Waals surface area contributed by atoms with Crippen molar-refractivity contribution < 1.29 is 8.42 Å². The van der Waals surface area contributed by atoms with Crippen LogP contribution in [0.15, 0.2) is 28.6 Å². The SMILES string of the molecule is Cc1nc(CNS(=O)(=O)c2cccnc2N)cs1. The van der Waals surface area contributed by atoms with Crippen molar-refractivity contribution >= 4 is 27.2 Å². The van der Waals surface area contributed by atoms with Gasteiger partial charge in [0.2, 0.25) is 10.0 Å². The van der Waals surface area contributed by atoms with Crippen LogP contribution in [-0.2, 0) is 16.6 Å². The van der Waals surface area contributed by atoms with Crippen LogP contribution >= 0.6 is 11.3 Å². The highest BCUT2D eigenvalue weighted by atomic mass is 32.2. The van der Waals surface area contributed by atoms with E-state index < -0.39 is 10.0 Å². The molecule has 18 heavy (non-hydrogen) atoms. The molecule has 0 aliphatic rings. The molecule has 0 saturated heterocycles. The molecule has 0 amide bonds. The summed E-state index contributed by atoms with van der Waals surface area (Å²) in [6.07, 6.45) is 1.44. The molecule has 0 atom stereocenters. The van der Waals surface area contributed by atoms with Crippen LogP contribution in [0.1, 0.15) is 10.7 Å². The molecule has 0 aromatic carbocycles. The number of nitrogens with one attached hydrogen (secondary N) is 1. The molecule has 0 radical (unpaired) electrons. The molecule has 0 bridgehead atoms. The monoisotopic (exact) mass is 284 g/mol. The first kappa shape index (κ1) is 12.9. The van der Waals surface area contributed by atoms with Crippen LogP contribution in [-0.4, -0.2) is 18.4 Å². The highest BCUT2D eigenvalue weighted by molar-refractivity contribution is 7.89. The van der Waals surface area contributed by atoms with Gasteiger partial charge in [-0.1, -0.05) is 0 Å². The van der Waals surface area contributed by atoms with Gasteiger partial charge in [-0.3, -0.25) is 0 Å². The number of anilines is 1. The van der Waals surface area contributed by atoms with Crippen molar-refractivity contribution in [3.8, 4) is 0 Å². The standard InChI is InChI=1S/C10H12N4O2S2/c1-7-14-8(6-17-7)5-13-18(15,16)9-3-2-4-12-10(9)11/h2-4,6,13H,5H2,1H3,(H2,11,12). The van der Waals surface area contributed by atoms with E-state index in [9.17, 15) is 8.42 Å². The summed E-state index contributed by atoms with van der Waals surface area (Å²) in [7, 11) is -3.65. The average molecular weight is 284 g/mol. The maximum absolute atomic E-state index is 12.0. The first-order chi connectivity index (χ1) is 8.49. The molecule has 0 saturated carbocycles. The van der Waals surface area contributed by atoms with Gasteiger partial charge in [-0.15, -0.1) is 11.3 Å². The molecule has 0 spiro atoms. The van der Waals surface area contributed by atoms with E-state index >= 15 is 0 Å². The Bertz CT molecular complexity index is 651. The Morgan fingerprint density at radius 3 is 2.89 bits per heavy atom. The highest BCUT2D eigenvalue weighted by Gasteiger charge is 2.17. The van der Waals surface area contributed by atoms with E-state index in [1.165, 1.54) is 29.7 Å². The lowest BCUT2D eigenvalue weighted by Gasteiger charge is -2.06. The summed E-state index contributed by atoms with van der Waals surface area (Å²) < 4.78 is 26.4. The quantitative estimate of drug-likeness (QED) is 0.869. The minimum Gasteiger partial charge on any atom is -0.383 e. The Morgan fingerprint density at radius 2 is 2.28 bits per heavy atom. The molecule has 3 N–H and O–H groups in total. The third kappa shape index (κ3) is 2.84. The van der Waals surface area contributed by atoms with Gasteiger partial charge in [-0.2, -0.15) is 0 Å². The molecule has 0 fully saturated rings. The molecule has 0 aliphatic heterocycles. The van der Waals surface area contributed by atoms with Crippen molar-refractivity contribution in [1.82, 2.24) is 14.7 Å². The van der Waals surface area contributed by atoms with Crippen LogP contribution in [0.4, 0.5) is 5.82 Å². The Labute approximate surface area is 109 Å². The van der Waals surface area contributed by atoms with Crippen LogP contribution in [0.5, 0.6) is 0 Å². The smallest absolute Gasteiger partial charge is 0.244 e.